The fraction of sp³-hybridized carbons (Fsp3) is 0.556. The van der Waals surface area contributed by atoms with Crippen LogP contribution in [-0.4, -0.2) is 50.6 Å². The summed E-state index contributed by atoms with van der Waals surface area (Å²) in [4.78, 5) is 24.9. The van der Waals surface area contributed by atoms with Gasteiger partial charge in [0.05, 0.1) is 13.7 Å². The number of likely N-dealkylation sites (tertiary alicyclic amines) is 1. The first-order valence-electron chi connectivity index (χ1n) is 8.47. The van der Waals surface area contributed by atoms with Crippen LogP contribution in [0.15, 0.2) is 24.3 Å². The number of ether oxygens (including phenoxy) is 1. The smallest absolute Gasteiger partial charge is 0.321 e. The number of amides is 3. The molecule has 1 fully saturated rings. The molecule has 1 aromatic rings. The second kappa shape index (κ2) is 9.27. The van der Waals surface area contributed by atoms with Gasteiger partial charge in [-0.2, -0.15) is 0 Å². The van der Waals surface area contributed by atoms with E-state index in [1.165, 1.54) is 19.0 Å². The van der Waals surface area contributed by atoms with Crippen LogP contribution < -0.4 is 15.4 Å². The summed E-state index contributed by atoms with van der Waals surface area (Å²) in [5.74, 6) is 1.35. The number of methoxy groups -OCH3 is 1. The Balaban J connectivity index is 1.67. The molecule has 1 aliphatic rings. The zero-order chi connectivity index (χ0) is 17.4. The summed E-state index contributed by atoms with van der Waals surface area (Å²) >= 11 is 0. The van der Waals surface area contributed by atoms with Gasteiger partial charge in [0.1, 0.15) is 5.75 Å². The predicted octanol–water partition coefficient (Wildman–Crippen LogP) is 1.80. The lowest BCUT2D eigenvalue weighted by molar-refractivity contribution is -0.121. The maximum atomic E-state index is 11.7. The molecule has 2 rings (SSSR count). The van der Waals surface area contributed by atoms with Crippen molar-refractivity contribution in [3.05, 3.63) is 29.8 Å². The molecule has 132 valence electrons. The number of hydrogen-bond donors (Lipinski definition) is 2. The van der Waals surface area contributed by atoms with Gasteiger partial charge in [-0.1, -0.05) is 12.1 Å². The van der Waals surface area contributed by atoms with Crippen molar-refractivity contribution in [2.75, 3.05) is 33.8 Å². The van der Waals surface area contributed by atoms with Gasteiger partial charge in [0.2, 0.25) is 5.91 Å². The van der Waals surface area contributed by atoms with Crippen LogP contribution >= 0.6 is 0 Å². The molecule has 0 radical (unpaired) electrons. The van der Waals surface area contributed by atoms with Crippen molar-refractivity contribution in [3.8, 4) is 5.75 Å². The van der Waals surface area contributed by atoms with E-state index in [0.29, 0.717) is 12.5 Å². The van der Waals surface area contributed by atoms with Crippen molar-refractivity contribution < 1.29 is 14.3 Å². The third kappa shape index (κ3) is 5.85. The molecule has 0 spiro atoms. The quantitative estimate of drug-likeness (QED) is 0.833. The Bertz CT molecular complexity index is 537. The number of piperidine rings is 1. The molecule has 0 aliphatic carbocycles. The Morgan fingerprint density at radius 1 is 1.21 bits per heavy atom. The third-order valence-corrected chi connectivity index (χ3v) is 4.55. The summed E-state index contributed by atoms with van der Waals surface area (Å²) in [6.45, 7) is 2.11. The summed E-state index contributed by atoms with van der Waals surface area (Å²) in [6, 6.07) is 7.80. The minimum absolute atomic E-state index is 0.244. The molecule has 6 heteroatoms. The van der Waals surface area contributed by atoms with E-state index >= 15 is 0 Å². The number of imide groups is 1. The first kappa shape index (κ1) is 18.3. The molecule has 0 saturated carbocycles. The lowest BCUT2D eigenvalue weighted by Crippen LogP contribution is -2.45. The van der Waals surface area contributed by atoms with Crippen LogP contribution in [0.2, 0.25) is 0 Å². The highest BCUT2D eigenvalue weighted by molar-refractivity contribution is 5.95. The zero-order valence-electron chi connectivity index (χ0n) is 14.5. The predicted molar refractivity (Wildman–Crippen MR) is 93.1 cm³/mol. The van der Waals surface area contributed by atoms with Crippen LogP contribution in [0, 0.1) is 5.92 Å². The maximum Gasteiger partial charge on any atom is 0.321 e. The van der Waals surface area contributed by atoms with Gasteiger partial charge in [-0.25, -0.2) is 4.79 Å². The van der Waals surface area contributed by atoms with Gasteiger partial charge < -0.3 is 10.1 Å². The van der Waals surface area contributed by atoms with Crippen molar-refractivity contribution in [2.24, 2.45) is 5.92 Å². The molecule has 2 N–H and O–H groups in total. The fourth-order valence-electron chi connectivity index (χ4n) is 3.03. The molecule has 6 nitrogen and oxygen atoms in total. The van der Waals surface area contributed by atoms with E-state index < -0.39 is 6.03 Å². The molecule has 3 amide bonds. The summed E-state index contributed by atoms with van der Waals surface area (Å²) in [6.07, 6.45) is 4.45. The molecule has 1 heterocycles. The summed E-state index contributed by atoms with van der Waals surface area (Å²) < 4.78 is 5.18. The van der Waals surface area contributed by atoms with E-state index in [-0.39, 0.29) is 5.91 Å². The second-order valence-corrected chi connectivity index (χ2v) is 6.23. The maximum absolute atomic E-state index is 11.7. The van der Waals surface area contributed by atoms with Crippen molar-refractivity contribution in [3.63, 3.8) is 0 Å². The van der Waals surface area contributed by atoms with E-state index in [0.717, 1.165) is 38.1 Å². The third-order valence-electron chi connectivity index (χ3n) is 4.55. The SMILES string of the molecule is CNC(=O)NC(=O)CN1CCC(CCc2ccc(OC)cc2)CC1. The number of aryl methyl sites for hydroxylation is 1. The topological polar surface area (TPSA) is 70.7 Å². The number of carbonyl (C=O) groups is 2. The number of benzene rings is 1. The molecule has 1 saturated heterocycles. The molecular formula is C18H27N3O3. The number of nitrogens with one attached hydrogen (secondary N) is 2. The lowest BCUT2D eigenvalue weighted by Gasteiger charge is -2.31. The van der Waals surface area contributed by atoms with Crippen molar-refractivity contribution in [1.29, 1.82) is 0 Å². The van der Waals surface area contributed by atoms with Gasteiger partial charge in [-0.3, -0.25) is 15.0 Å². The molecule has 24 heavy (non-hydrogen) atoms. The summed E-state index contributed by atoms with van der Waals surface area (Å²) in [5.41, 5.74) is 1.34. The Labute approximate surface area is 143 Å². The number of urea groups is 1. The standard InChI is InChI=1S/C18H27N3O3/c1-19-18(23)20-17(22)13-21-11-9-15(10-12-21)4-3-14-5-7-16(24-2)8-6-14/h5-8,15H,3-4,9-13H2,1-2H3,(H2,19,20,22,23). The first-order chi connectivity index (χ1) is 11.6. The number of nitrogens with zero attached hydrogens (tertiary/aromatic N) is 1. The van der Waals surface area contributed by atoms with Crippen LogP contribution in [0.4, 0.5) is 4.79 Å². The second-order valence-electron chi connectivity index (χ2n) is 6.23. The van der Waals surface area contributed by atoms with Crippen LogP contribution in [0.5, 0.6) is 5.75 Å². The summed E-state index contributed by atoms with van der Waals surface area (Å²) in [7, 11) is 3.18. The highest BCUT2D eigenvalue weighted by Gasteiger charge is 2.21. The molecule has 0 bridgehead atoms. The fourth-order valence-corrected chi connectivity index (χ4v) is 3.03. The first-order valence-corrected chi connectivity index (χ1v) is 8.47. The van der Waals surface area contributed by atoms with Gasteiger partial charge >= 0.3 is 6.03 Å². The number of hydrogen-bond acceptors (Lipinski definition) is 4. The Morgan fingerprint density at radius 2 is 1.88 bits per heavy atom. The van der Waals surface area contributed by atoms with Crippen molar-refractivity contribution >= 4 is 11.9 Å². The molecule has 1 aliphatic heterocycles. The van der Waals surface area contributed by atoms with Crippen LogP contribution in [0.25, 0.3) is 0 Å². The average Bonchev–Trinajstić information content (AvgIpc) is 2.61. The van der Waals surface area contributed by atoms with Crippen LogP contribution in [0.3, 0.4) is 0 Å². The van der Waals surface area contributed by atoms with Crippen molar-refractivity contribution in [2.45, 2.75) is 25.7 Å². The Hall–Kier alpha value is -2.08. The number of carbonyl (C=O) groups excluding carboxylic acids is 2. The normalized spacial score (nSPS) is 15.8. The molecule has 0 atom stereocenters. The zero-order valence-corrected chi connectivity index (χ0v) is 14.5. The van der Waals surface area contributed by atoms with Crippen LogP contribution in [0.1, 0.15) is 24.8 Å². The molecular weight excluding hydrogens is 306 g/mol. The molecule has 1 aromatic carbocycles. The van der Waals surface area contributed by atoms with Gasteiger partial charge in [-0.15, -0.1) is 0 Å². The van der Waals surface area contributed by atoms with Gasteiger partial charge in [0.25, 0.3) is 0 Å². The van der Waals surface area contributed by atoms with E-state index in [2.05, 4.69) is 27.7 Å². The molecule has 0 aromatic heterocycles. The summed E-state index contributed by atoms with van der Waals surface area (Å²) in [5, 5.41) is 4.69. The minimum atomic E-state index is -0.450. The highest BCUT2D eigenvalue weighted by Crippen LogP contribution is 2.23. The van der Waals surface area contributed by atoms with Gasteiger partial charge in [-0.05, 0) is 62.4 Å². The monoisotopic (exact) mass is 333 g/mol. The lowest BCUT2D eigenvalue weighted by atomic mass is 9.90. The minimum Gasteiger partial charge on any atom is -0.497 e. The highest BCUT2D eigenvalue weighted by atomic mass is 16.5. The van der Waals surface area contributed by atoms with Crippen LogP contribution in [-0.2, 0) is 11.2 Å². The van der Waals surface area contributed by atoms with Gasteiger partial charge in [0, 0.05) is 7.05 Å². The van der Waals surface area contributed by atoms with E-state index in [1.807, 2.05) is 12.1 Å². The van der Waals surface area contributed by atoms with Gasteiger partial charge in [0.15, 0.2) is 0 Å². The van der Waals surface area contributed by atoms with E-state index in [1.54, 1.807) is 7.11 Å². The largest absolute Gasteiger partial charge is 0.497 e. The van der Waals surface area contributed by atoms with E-state index in [4.69, 9.17) is 4.74 Å². The number of rotatable bonds is 6. The Kier molecular flexibility index (Phi) is 7.06. The Morgan fingerprint density at radius 3 is 2.46 bits per heavy atom. The average molecular weight is 333 g/mol. The molecule has 0 unspecified atom stereocenters. The van der Waals surface area contributed by atoms with E-state index in [9.17, 15) is 9.59 Å². The van der Waals surface area contributed by atoms with Crippen molar-refractivity contribution in [1.82, 2.24) is 15.5 Å².